The van der Waals surface area contributed by atoms with Crippen LogP contribution in [0.15, 0.2) is 36.4 Å². The molecule has 0 aliphatic heterocycles. The second kappa shape index (κ2) is 2.95. The average molecular weight is 224 g/mol. The molecule has 0 amide bonds. The van der Waals surface area contributed by atoms with Crippen LogP contribution in [0.4, 0.5) is 0 Å². The molecule has 4 atom stereocenters. The fourth-order valence-electron chi connectivity index (χ4n) is 3.88. The van der Waals surface area contributed by atoms with Gasteiger partial charge in [0.15, 0.2) is 0 Å². The summed E-state index contributed by atoms with van der Waals surface area (Å²) in [5, 5.41) is 0. The lowest BCUT2D eigenvalue weighted by molar-refractivity contribution is -0.120. The van der Waals surface area contributed by atoms with E-state index in [9.17, 15) is 9.59 Å². The van der Waals surface area contributed by atoms with Gasteiger partial charge in [0.1, 0.15) is 0 Å². The van der Waals surface area contributed by atoms with Crippen LogP contribution in [-0.2, 0) is 4.79 Å². The highest BCUT2D eigenvalue weighted by atomic mass is 16.2. The molecule has 1 fully saturated rings. The second-order valence-corrected chi connectivity index (χ2v) is 5.28. The molecule has 4 rings (SSSR count). The third kappa shape index (κ3) is 1.01. The predicted octanol–water partition coefficient (Wildman–Crippen LogP) is 2.36. The van der Waals surface area contributed by atoms with E-state index >= 15 is 0 Å². The molecule has 2 heteroatoms. The van der Waals surface area contributed by atoms with Crippen LogP contribution in [0.3, 0.4) is 0 Å². The number of benzene rings is 1. The smallest absolute Gasteiger partial charge is 0.229 e. The van der Waals surface area contributed by atoms with Gasteiger partial charge in [-0.1, -0.05) is 36.4 Å². The lowest BCUT2D eigenvalue weighted by Crippen LogP contribution is -2.37. The molecule has 3 aliphatic carbocycles. The summed E-state index contributed by atoms with van der Waals surface area (Å²) in [5.74, 6) is 0.505. The van der Waals surface area contributed by atoms with Crippen LogP contribution in [0.2, 0.25) is 0 Å². The molecule has 2 bridgehead atoms. The molecule has 0 spiro atoms. The molecule has 0 N–H and O–H groups in total. The number of carbonyl (C=O) groups excluding carboxylic acids is 2. The van der Waals surface area contributed by atoms with Gasteiger partial charge >= 0.3 is 0 Å². The minimum Gasteiger partial charge on any atom is -0.290 e. The first kappa shape index (κ1) is 9.34. The van der Waals surface area contributed by atoms with E-state index in [0.29, 0.717) is 17.4 Å². The van der Waals surface area contributed by atoms with Gasteiger partial charge in [-0.3, -0.25) is 9.59 Å². The summed E-state index contributed by atoms with van der Waals surface area (Å²) < 4.78 is 0. The maximum absolute atomic E-state index is 12.2. The number of carbonyl (C=O) groups is 2. The largest absolute Gasteiger partial charge is 0.290 e. The summed E-state index contributed by atoms with van der Waals surface area (Å²) >= 11 is 0. The minimum atomic E-state index is -0.275. The Kier molecular flexibility index (Phi) is 1.62. The Bertz CT molecular complexity index is 570. The summed E-state index contributed by atoms with van der Waals surface area (Å²) in [6, 6.07) is 7.62. The van der Waals surface area contributed by atoms with Crippen LogP contribution in [0.5, 0.6) is 0 Å². The van der Waals surface area contributed by atoms with Crippen LogP contribution in [0, 0.1) is 17.8 Å². The van der Waals surface area contributed by atoms with Crippen LogP contribution in [0.1, 0.15) is 28.3 Å². The summed E-state index contributed by atoms with van der Waals surface area (Å²) in [6.45, 7) is 0. The van der Waals surface area contributed by atoms with E-state index in [4.69, 9.17) is 0 Å². The molecule has 0 radical (unpaired) electrons. The highest BCUT2D eigenvalue weighted by Gasteiger charge is 2.53. The van der Waals surface area contributed by atoms with Crippen molar-refractivity contribution in [2.24, 2.45) is 17.8 Å². The molecular formula is C15H12O2. The number of hydrogen-bond donors (Lipinski definition) is 0. The molecule has 3 aliphatic rings. The zero-order valence-corrected chi connectivity index (χ0v) is 9.30. The van der Waals surface area contributed by atoms with Crippen molar-refractivity contribution in [2.75, 3.05) is 0 Å². The average Bonchev–Trinajstić information content (AvgIpc) is 2.96. The molecule has 0 saturated heterocycles. The van der Waals surface area contributed by atoms with Gasteiger partial charge in [-0.05, 0) is 23.8 Å². The monoisotopic (exact) mass is 224 g/mol. The number of ketones is 2. The van der Waals surface area contributed by atoms with E-state index < -0.39 is 0 Å². The Morgan fingerprint density at radius 3 is 2.47 bits per heavy atom. The van der Waals surface area contributed by atoms with E-state index in [2.05, 4.69) is 12.2 Å². The lowest BCUT2D eigenvalue weighted by Gasteiger charge is -2.32. The Morgan fingerprint density at radius 2 is 1.65 bits per heavy atom. The van der Waals surface area contributed by atoms with E-state index in [1.54, 1.807) is 6.07 Å². The molecule has 1 aromatic carbocycles. The SMILES string of the molecule is O=C1C(=O)[C@H]2C3C=CC(C3)[C@H]2c2ccccc21. The van der Waals surface area contributed by atoms with Gasteiger partial charge in [0, 0.05) is 17.4 Å². The first-order valence-electron chi connectivity index (χ1n) is 6.13. The highest BCUT2D eigenvalue weighted by molar-refractivity contribution is 6.46. The van der Waals surface area contributed by atoms with Crippen LogP contribution < -0.4 is 0 Å². The second-order valence-electron chi connectivity index (χ2n) is 5.28. The van der Waals surface area contributed by atoms with Gasteiger partial charge in [-0.25, -0.2) is 0 Å². The van der Waals surface area contributed by atoms with E-state index in [-0.39, 0.29) is 23.4 Å². The number of Topliss-reactive ketones (excluding diaryl/α,β-unsaturated/α-hetero) is 2. The fourth-order valence-corrected chi connectivity index (χ4v) is 3.88. The first-order chi connectivity index (χ1) is 8.27. The molecular weight excluding hydrogens is 212 g/mol. The molecule has 1 saturated carbocycles. The fraction of sp³-hybridized carbons (Fsp3) is 0.333. The number of hydrogen-bond acceptors (Lipinski definition) is 2. The van der Waals surface area contributed by atoms with E-state index in [1.165, 1.54) is 0 Å². The molecule has 2 nitrogen and oxygen atoms in total. The molecule has 17 heavy (non-hydrogen) atoms. The van der Waals surface area contributed by atoms with Gasteiger partial charge in [0.05, 0.1) is 0 Å². The summed E-state index contributed by atoms with van der Waals surface area (Å²) in [7, 11) is 0. The molecule has 2 unspecified atom stereocenters. The lowest BCUT2D eigenvalue weighted by atomic mass is 9.69. The molecule has 84 valence electrons. The first-order valence-corrected chi connectivity index (χ1v) is 6.13. The number of allylic oxidation sites excluding steroid dienone is 2. The maximum Gasteiger partial charge on any atom is 0.229 e. The van der Waals surface area contributed by atoms with Gasteiger partial charge in [-0.15, -0.1) is 0 Å². The van der Waals surface area contributed by atoms with Crippen molar-refractivity contribution < 1.29 is 9.59 Å². The van der Waals surface area contributed by atoms with Crippen molar-refractivity contribution >= 4 is 11.6 Å². The van der Waals surface area contributed by atoms with Crippen molar-refractivity contribution in [3.8, 4) is 0 Å². The van der Waals surface area contributed by atoms with Crippen molar-refractivity contribution in [1.29, 1.82) is 0 Å². The topological polar surface area (TPSA) is 34.1 Å². The number of rotatable bonds is 0. The van der Waals surface area contributed by atoms with Gasteiger partial charge in [-0.2, -0.15) is 0 Å². The molecule has 0 heterocycles. The van der Waals surface area contributed by atoms with Crippen molar-refractivity contribution in [3.05, 3.63) is 47.5 Å². The summed E-state index contributed by atoms with van der Waals surface area (Å²) in [5.41, 5.74) is 1.73. The third-order valence-electron chi connectivity index (χ3n) is 4.55. The molecule has 1 aromatic rings. The van der Waals surface area contributed by atoms with E-state index in [0.717, 1.165) is 12.0 Å². The van der Waals surface area contributed by atoms with Gasteiger partial charge < -0.3 is 0 Å². The van der Waals surface area contributed by atoms with Gasteiger partial charge in [0.2, 0.25) is 11.6 Å². The predicted molar refractivity (Wildman–Crippen MR) is 62.7 cm³/mol. The van der Waals surface area contributed by atoms with Crippen LogP contribution in [-0.4, -0.2) is 11.6 Å². The zero-order valence-electron chi connectivity index (χ0n) is 9.30. The van der Waals surface area contributed by atoms with Gasteiger partial charge in [0.25, 0.3) is 0 Å². The maximum atomic E-state index is 12.2. The Hall–Kier alpha value is -1.70. The zero-order chi connectivity index (χ0) is 11.6. The highest BCUT2D eigenvalue weighted by Crippen LogP contribution is 2.55. The minimum absolute atomic E-state index is 0.0765. The van der Waals surface area contributed by atoms with E-state index in [1.807, 2.05) is 18.2 Å². The van der Waals surface area contributed by atoms with Crippen molar-refractivity contribution in [2.45, 2.75) is 12.3 Å². The third-order valence-corrected chi connectivity index (χ3v) is 4.55. The molecule has 0 aromatic heterocycles. The quantitative estimate of drug-likeness (QED) is 0.500. The summed E-state index contributed by atoms with van der Waals surface area (Å²) in [6.07, 6.45) is 5.40. The van der Waals surface area contributed by atoms with Crippen molar-refractivity contribution in [1.82, 2.24) is 0 Å². The van der Waals surface area contributed by atoms with Crippen molar-refractivity contribution in [3.63, 3.8) is 0 Å². The Morgan fingerprint density at radius 1 is 0.941 bits per heavy atom. The van der Waals surface area contributed by atoms with Crippen LogP contribution in [0.25, 0.3) is 0 Å². The summed E-state index contributed by atoms with van der Waals surface area (Å²) in [4.78, 5) is 24.2. The normalized spacial score (nSPS) is 37.2. The Labute approximate surface area is 99.3 Å². The standard InChI is InChI=1S/C15H12O2/c16-14-11-4-2-1-3-10(11)12-8-5-6-9(7-8)13(12)15(14)17/h1-6,8-9,12-13H,7H2/t8?,9?,12-,13-/m0/s1. The Balaban J connectivity index is 1.98. The number of fused-ring (bicyclic) bond motifs is 7. The van der Waals surface area contributed by atoms with Crippen LogP contribution >= 0.6 is 0 Å².